The van der Waals surface area contributed by atoms with E-state index in [1.54, 1.807) is 6.07 Å². The molecule has 2 rings (SSSR count). The highest BCUT2D eigenvalue weighted by Gasteiger charge is 2.33. The van der Waals surface area contributed by atoms with Crippen molar-refractivity contribution in [2.75, 3.05) is 5.32 Å². The zero-order valence-electron chi connectivity index (χ0n) is 11.7. The summed E-state index contributed by atoms with van der Waals surface area (Å²) in [4.78, 5) is 11.8. The first-order valence-corrected chi connectivity index (χ1v) is 6.58. The Bertz CT molecular complexity index is 520. The van der Waals surface area contributed by atoms with Crippen LogP contribution in [-0.4, -0.2) is 11.0 Å². The molecular weight excluding hydrogens is 245 g/mol. The fourth-order valence-corrected chi connectivity index (χ4v) is 2.47. The molecule has 1 aromatic carbocycles. The number of rotatable bonds is 2. The molecule has 19 heavy (non-hydrogen) atoms. The van der Waals surface area contributed by atoms with Crippen molar-refractivity contribution in [3.63, 3.8) is 0 Å². The predicted octanol–water partition coefficient (Wildman–Crippen LogP) is 3.35. The lowest BCUT2D eigenvalue weighted by Gasteiger charge is -2.26. The summed E-state index contributed by atoms with van der Waals surface area (Å²) < 4.78 is 14.1. The number of benzene rings is 1. The normalized spacial score (nSPS) is 20.1. The van der Waals surface area contributed by atoms with Gasteiger partial charge in [-0.3, -0.25) is 4.79 Å². The smallest absolute Gasteiger partial charge is 0.232 e. The van der Waals surface area contributed by atoms with Crippen LogP contribution in [-0.2, 0) is 4.79 Å². The molecule has 0 saturated carbocycles. The van der Waals surface area contributed by atoms with Crippen LogP contribution >= 0.6 is 0 Å². The van der Waals surface area contributed by atoms with Crippen molar-refractivity contribution in [2.45, 2.75) is 46.1 Å². The van der Waals surface area contributed by atoms with Crippen LogP contribution in [0.3, 0.4) is 0 Å². The molecule has 1 aromatic rings. The van der Waals surface area contributed by atoms with Crippen LogP contribution in [0.15, 0.2) is 12.1 Å². The van der Waals surface area contributed by atoms with Gasteiger partial charge in [-0.15, -0.1) is 0 Å². The fourth-order valence-electron chi connectivity index (χ4n) is 2.47. The number of fused-ring (bicyclic) bond motifs is 1. The number of hydrogen-bond donors (Lipinski definition) is 2. The van der Waals surface area contributed by atoms with E-state index in [4.69, 9.17) is 0 Å². The monoisotopic (exact) mass is 265 g/mol. The van der Waals surface area contributed by atoms with Gasteiger partial charge in [0.05, 0.1) is 17.7 Å². The van der Waals surface area contributed by atoms with Gasteiger partial charge in [0.25, 0.3) is 0 Å². The van der Waals surface area contributed by atoms with Crippen molar-refractivity contribution in [3.05, 3.63) is 29.1 Å². The number of halogens is 1. The Morgan fingerprint density at radius 1 is 1.42 bits per heavy atom. The van der Waals surface area contributed by atoms with E-state index in [-0.39, 0.29) is 22.9 Å². The van der Waals surface area contributed by atoms with Gasteiger partial charge in [0.1, 0.15) is 5.82 Å². The second-order valence-electron chi connectivity index (χ2n) is 6.19. The molecule has 0 aliphatic carbocycles. The summed E-state index contributed by atoms with van der Waals surface area (Å²) in [6.07, 6.45) is -0.145. The Labute approximate surface area is 112 Å². The maximum absolute atomic E-state index is 14.1. The van der Waals surface area contributed by atoms with Gasteiger partial charge >= 0.3 is 0 Å². The maximum Gasteiger partial charge on any atom is 0.232 e. The van der Waals surface area contributed by atoms with Gasteiger partial charge in [-0.2, -0.15) is 0 Å². The molecule has 0 bridgehead atoms. The van der Waals surface area contributed by atoms with Crippen LogP contribution in [0.25, 0.3) is 0 Å². The van der Waals surface area contributed by atoms with Crippen molar-refractivity contribution in [1.29, 1.82) is 0 Å². The van der Waals surface area contributed by atoms with Crippen LogP contribution in [0, 0.1) is 11.2 Å². The third-order valence-corrected chi connectivity index (χ3v) is 3.63. The predicted molar refractivity (Wildman–Crippen MR) is 72.5 cm³/mol. The van der Waals surface area contributed by atoms with E-state index < -0.39 is 11.9 Å². The lowest BCUT2D eigenvalue weighted by atomic mass is 9.83. The lowest BCUT2D eigenvalue weighted by molar-refractivity contribution is -0.117. The summed E-state index contributed by atoms with van der Waals surface area (Å²) in [5, 5.41) is 12.8. The number of carbonyl (C=O) groups is 1. The Hall–Kier alpha value is -1.42. The van der Waals surface area contributed by atoms with E-state index >= 15 is 0 Å². The van der Waals surface area contributed by atoms with Crippen LogP contribution < -0.4 is 5.32 Å². The average Bonchev–Trinajstić information content (AvgIpc) is 2.63. The standard InChI is InChI=1S/C15H20FNO2/c1-5-9-10-6-8(13(18)15(2,3)4)7-11(16)12(10)17-14(9)19/h6-7,9,13,18H,5H2,1-4H3,(H,17,19). The molecule has 1 aliphatic rings. The summed E-state index contributed by atoms with van der Waals surface area (Å²) in [6, 6.07) is 3.06. The summed E-state index contributed by atoms with van der Waals surface area (Å²) in [5.41, 5.74) is 1.07. The zero-order valence-corrected chi connectivity index (χ0v) is 11.7. The Morgan fingerprint density at radius 2 is 2.05 bits per heavy atom. The van der Waals surface area contributed by atoms with Crippen LogP contribution in [0.2, 0.25) is 0 Å². The highest BCUT2D eigenvalue weighted by atomic mass is 19.1. The van der Waals surface area contributed by atoms with E-state index in [0.29, 0.717) is 17.5 Å². The van der Waals surface area contributed by atoms with E-state index in [2.05, 4.69) is 5.32 Å². The highest BCUT2D eigenvalue weighted by molar-refractivity contribution is 6.03. The van der Waals surface area contributed by atoms with Gasteiger partial charge in [-0.25, -0.2) is 4.39 Å². The van der Waals surface area contributed by atoms with E-state index in [9.17, 15) is 14.3 Å². The minimum Gasteiger partial charge on any atom is -0.388 e. The third kappa shape index (κ3) is 2.37. The molecular formula is C15H20FNO2. The summed E-state index contributed by atoms with van der Waals surface area (Å²) in [6.45, 7) is 7.57. The second-order valence-corrected chi connectivity index (χ2v) is 6.19. The Balaban J connectivity index is 2.50. The van der Waals surface area contributed by atoms with Crippen molar-refractivity contribution < 1.29 is 14.3 Å². The fraction of sp³-hybridized carbons (Fsp3) is 0.533. The maximum atomic E-state index is 14.1. The van der Waals surface area contributed by atoms with Gasteiger partial charge in [-0.1, -0.05) is 33.8 Å². The first kappa shape index (κ1) is 14.0. The van der Waals surface area contributed by atoms with Gasteiger partial charge in [0.2, 0.25) is 5.91 Å². The van der Waals surface area contributed by atoms with Crippen molar-refractivity contribution in [1.82, 2.24) is 0 Å². The molecule has 0 saturated heterocycles. The van der Waals surface area contributed by atoms with E-state index in [1.807, 2.05) is 27.7 Å². The van der Waals surface area contributed by atoms with Gasteiger partial charge in [0.15, 0.2) is 0 Å². The molecule has 0 aromatic heterocycles. The number of aliphatic hydroxyl groups is 1. The highest BCUT2D eigenvalue weighted by Crippen LogP contribution is 2.41. The number of aliphatic hydroxyl groups excluding tert-OH is 1. The van der Waals surface area contributed by atoms with Crippen molar-refractivity contribution in [2.24, 2.45) is 5.41 Å². The quantitative estimate of drug-likeness (QED) is 0.861. The number of hydrogen-bond acceptors (Lipinski definition) is 2. The van der Waals surface area contributed by atoms with Gasteiger partial charge in [-0.05, 0) is 29.0 Å². The van der Waals surface area contributed by atoms with Gasteiger partial charge in [0, 0.05) is 0 Å². The number of amides is 1. The number of anilines is 1. The van der Waals surface area contributed by atoms with Crippen LogP contribution in [0.5, 0.6) is 0 Å². The lowest BCUT2D eigenvalue weighted by Crippen LogP contribution is -2.18. The SMILES string of the molecule is CCC1C(=O)Nc2c(F)cc(C(O)C(C)(C)C)cc21. The van der Waals surface area contributed by atoms with Crippen LogP contribution in [0.1, 0.15) is 57.3 Å². The number of nitrogens with one attached hydrogen (secondary N) is 1. The topological polar surface area (TPSA) is 49.3 Å². The van der Waals surface area contributed by atoms with Crippen molar-refractivity contribution >= 4 is 11.6 Å². The third-order valence-electron chi connectivity index (χ3n) is 3.63. The molecule has 104 valence electrons. The largest absolute Gasteiger partial charge is 0.388 e. The number of carbonyl (C=O) groups excluding carboxylic acids is 1. The minimum absolute atomic E-state index is 0.168. The van der Waals surface area contributed by atoms with Gasteiger partial charge < -0.3 is 10.4 Å². The Kier molecular flexibility index (Phi) is 3.39. The molecule has 0 spiro atoms. The Morgan fingerprint density at radius 3 is 2.58 bits per heavy atom. The van der Waals surface area contributed by atoms with Crippen molar-refractivity contribution in [3.8, 4) is 0 Å². The average molecular weight is 265 g/mol. The summed E-state index contributed by atoms with van der Waals surface area (Å²) in [5.74, 6) is -0.962. The second kappa shape index (κ2) is 4.60. The molecule has 2 N–H and O–H groups in total. The zero-order chi connectivity index (χ0) is 14.4. The molecule has 1 amide bonds. The van der Waals surface area contributed by atoms with Crippen LogP contribution in [0.4, 0.5) is 10.1 Å². The summed E-state index contributed by atoms with van der Waals surface area (Å²) in [7, 11) is 0. The molecule has 0 fully saturated rings. The molecule has 4 heteroatoms. The molecule has 2 unspecified atom stereocenters. The summed E-state index contributed by atoms with van der Waals surface area (Å²) >= 11 is 0. The molecule has 0 radical (unpaired) electrons. The molecule has 2 atom stereocenters. The minimum atomic E-state index is -0.763. The molecule has 1 aliphatic heterocycles. The first-order valence-electron chi connectivity index (χ1n) is 6.58. The molecule has 3 nitrogen and oxygen atoms in total. The molecule has 1 heterocycles. The van der Waals surface area contributed by atoms with E-state index in [1.165, 1.54) is 6.07 Å². The first-order chi connectivity index (χ1) is 8.75. The van der Waals surface area contributed by atoms with E-state index in [0.717, 1.165) is 0 Å².